The molecule has 6 heteroatoms. The molecule has 0 saturated heterocycles. The maximum Gasteiger partial charge on any atom is 0.413 e. The molecule has 0 aliphatic carbocycles. The van der Waals surface area contributed by atoms with E-state index in [2.05, 4.69) is 23.7 Å². The Labute approximate surface area is 171 Å². The van der Waals surface area contributed by atoms with Crippen molar-refractivity contribution in [1.29, 1.82) is 0 Å². The lowest BCUT2D eigenvalue weighted by molar-refractivity contribution is 0.102. The van der Waals surface area contributed by atoms with Gasteiger partial charge >= 0.3 is 6.09 Å². The number of amides is 2. The highest BCUT2D eigenvalue weighted by Gasteiger charge is 2.16. The van der Waals surface area contributed by atoms with Crippen LogP contribution in [-0.4, -0.2) is 30.2 Å². The molecule has 29 heavy (non-hydrogen) atoms. The molecule has 0 fully saturated rings. The fourth-order valence-electron chi connectivity index (χ4n) is 3.26. The van der Waals surface area contributed by atoms with Crippen molar-refractivity contribution in [2.24, 2.45) is 5.92 Å². The predicted octanol–water partition coefficient (Wildman–Crippen LogP) is 5.14. The molecule has 0 radical (unpaired) electrons. The largest absolute Gasteiger partial charge is 0.449 e. The van der Waals surface area contributed by atoms with E-state index in [1.807, 2.05) is 30.5 Å². The van der Waals surface area contributed by atoms with E-state index in [0.29, 0.717) is 29.5 Å². The van der Waals surface area contributed by atoms with Gasteiger partial charge in [0.15, 0.2) is 0 Å². The van der Waals surface area contributed by atoms with E-state index in [4.69, 9.17) is 4.74 Å². The number of carbonyl (C=O) groups excluding carboxylic acids is 2. The fourth-order valence-corrected chi connectivity index (χ4v) is 3.26. The van der Waals surface area contributed by atoms with Crippen molar-refractivity contribution in [3.05, 3.63) is 60.3 Å². The highest BCUT2D eigenvalue weighted by atomic mass is 16.6. The maximum atomic E-state index is 12.9. The molecular weight excluding hydrogens is 366 g/mol. The van der Waals surface area contributed by atoms with Gasteiger partial charge in [-0.25, -0.2) is 4.79 Å². The third-order valence-electron chi connectivity index (χ3n) is 4.65. The number of hydrogen-bond acceptors (Lipinski definition) is 3. The first-order valence-electron chi connectivity index (χ1n) is 9.80. The summed E-state index contributed by atoms with van der Waals surface area (Å²) < 4.78 is 7.13. The van der Waals surface area contributed by atoms with E-state index >= 15 is 0 Å². The smallest absolute Gasteiger partial charge is 0.413 e. The Morgan fingerprint density at radius 3 is 2.45 bits per heavy atom. The van der Waals surface area contributed by atoms with E-state index in [1.165, 1.54) is 4.90 Å². The van der Waals surface area contributed by atoms with Crippen molar-refractivity contribution in [3.8, 4) is 0 Å². The molecule has 152 valence electrons. The number of aromatic nitrogens is 1. The summed E-state index contributed by atoms with van der Waals surface area (Å²) in [5.41, 5.74) is 3.05. The van der Waals surface area contributed by atoms with Crippen molar-refractivity contribution in [1.82, 2.24) is 4.57 Å². The SMILES string of the molecule is CCOC(=O)N(C)c1ccc(NC(=O)c2cn(CC(C)C)c3ccccc23)cc1. The number of para-hydroxylation sites is 1. The van der Waals surface area contributed by atoms with Crippen LogP contribution in [0.2, 0.25) is 0 Å². The molecule has 0 spiro atoms. The topological polar surface area (TPSA) is 63.6 Å². The molecule has 0 bridgehead atoms. The zero-order valence-electron chi connectivity index (χ0n) is 17.3. The fraction of sp³-hybridized carbons (Fsp3) is 0.304. The molecule has 2 aromatic carbocycles. The minimum atomic E-state index is -0.415. The third-order valence-corrected chi connectivity index (χ3v) is 4.65. The van der Waals surface area contributed by atoms with Gasteiger partial charge in [0.1, 0.15) is 0 Å². The van der Waals surface area contributed by atoms with Gasteiger partial charge in [-0.15, -0.1) is 0 Å². The number of nitrogens with one attached hydrogen (secondary N) is 1. The van der Waals surface area contributed by atoms with Crippen molar-refractivity contribution >= 4 is 34.3 Å². The second-order valence-electron chi connectivity index (χ2n) is 7.37. The summed E-state index contributed by atoms with van der Waals surface area (Å²) in [5, 5.41) is 3.89. The number of hydrogen-bond donors (Lipinski definition) is 1. The van der Waals surface area contributed by atoms with E-state index in [9.17, 15) is 9.59 Å². The molecule has 3 rings (SSSR count). The van der Waals surface area contributed by atoms with Crippen molar-refractivity contribution < 1.29 is 14.3 Å². The van der Waals surface area contributed by atoms with Crippen molar-refractivity contribution in [2.75, 3.05) is 23.9 Å². The summed E-state index contributed by atoms with van der Waals surface area (Å²) in [6.45, 7) is 7.25. The Morgan fingerprint density at radius 1 is 1.10 bits per heavy atom. The first-order chi connectivity index (χ1) is 13.9. The zero-order chi connectivity index (χ0) is 21.0. The average Bonchev–Trinajstić information content (AvgIpc) is 3.06. The molecule has 1 N–H and O–H groups in total. The molecule has 2 amide bonds. The maximum absolute atomic E-state index is 12.9. The highest BCUT2D eigenvalue weighted by Crippen LogP contribution is 2.24. The van der Waals surface area contributed by atoms with Gasteiger partial charge in [0.2, 0.25) is 0 Å². The minimum Gasteiger partial charge on any atom is -0.449 e. The number of anilines is 2. The Kier molecular flexibility index (Phi) is 6.22. The molecule has 0 saturated carbocycles. The second kappa shape index (κ2) is 8.82. The average molecular weight is 393 g/mol. The van der Waals surface area contributed by atoms with E-state index in [0.717, 1.165) is 17.4 Å². The quantitative estimate of drug-likeness (QED) is 0.630. The van der Waals surface area contributed by atoms with Crippen LogP contribution in [0.1, 0.15) is 31.1 Å². The lowest BCUT2D eigenvalue weighted by Gasteiger charge is -2.16. The van der Waals surface area contributed by atoms with Gasteiger partial charge in [-0.1, -0.05) is 32.0 Å². The van der Waals surface area contributed by atoms with Crippen LogP contribution in [0.4, 0.5) is 16.2 Å². The van der Waals surface area contributed by atoms with Gasteiger partial charge in [-0.3, -0.25) is 9.69 Å². The summed E-state index contributed by atoms with van der Waals surface area (Å²) in [6, 6.07) is 15.0. The monoisotopic (exact) mass is 393 g/mol. The van der Waals surface area contributed by atoms with Crippen LogP contribution in [0.25, 0.3) is 10.9 Å². The molecule has 3 aromatic rings. The number of ether oxygens (including phenoxy) is 1. The molecule has 1 heterocycles. The standard InChI is InChI=1S/C23H27N3O3/c1-5-29-23(28)25(4)18-12-10-17(11-13-18)24-22(27)20-15-26(14-16(2)3)21-9-7-6-8-19(20)21/h6-13,15-16H,5,14H2,1-4H3,(H,24,27). The molecule has 0 aliphatic heterocycles. The van der Waals surface area contributed by atoms with Crippen molar-refractivity contribution in [2.45, 2.75) is 27.3 Å². The lowest BCUT2D eigenvalue weighted by Crippen LogP contribution is -2.26. The van der Waals surface area contributed by atoms with E-state index in [1.54, 1.807) is 38.2 Å². The number of nitrogens with zero attached hydrogens (tertiary/aromatic N) is 2. The van der Waals surface area contributed by atoms with Crippen LogP contribution < -0.4 is 10.2 Å². The summed E-state index contributed by atoms with van der Waals surface area (Å²) in [4.78, 5) is 26.2. The minimum absolute atomic E-state index is 0.157. The Balaban J connectivity index is 1.79. The number of rotatable bonds is 6. The van der Waals surface area contributed by atoms with Gasteiger partial charge in [0.05, 0.1) is 12.2 Å². The van der Waals surface area contributed by atoms with Crippen LogP contribution >= 0.6 is 0 Å². The molecule has 0 unspecified atom stereocenters. The van der Waals surface area contributed by atoms with Crippen LogP contribution in [0.15, 0.2) is 54.7 Å². The summed E-state index contributed by atoms with van der Waals surface area (Å²) in [6.07, 6.45) is 1.50. The van der Waals surface area contributed by atoms with Gasteiger partial charge in [0, 0.05) is 42.1 Å². The Bertz CT molecular complexity index is 1010. The van der Waals surface area contributed by atoms with Gasteiger partial charge in [-0.2, -0.15) is 0 Å². The number of benzene rings is 2. The van der Waals surface area contributed by atoms with Gasteiger partial charge in [0.25, 0.3) is 5.91 Å². The normalized spacial score (nSPS) is 10.9. The molecular formula is C23H27N3O3. The van der Waals surface area contributed by atoms with Crippen LogP contribution in [0, 0.1) is 5.92 Å². The second-order valence-corrected chi connectivity index (χ2v) is 7.37. The first kappa shape index (κ1) is 20.5. The Morgan fingerprint density at radius 2 is 1.79 bits per heavy atom. The summed E-state index contributed by atoms with van der Waals surface area (Å²) >= 11 is 0. The summed E-state index contributed by atoms with van der Waals surface area (Å²) in [5.74, 6) is 0.320. The predicted molar refractivity (Wildman–Crippen MR) is 117 cm³/mol. The van der Waals surface area contributed by atoms with Gasteiger partial charge in [-0.05, 0) is 43.2 Å². The highest BCUT2D eigenvalue weighted by molar-refractivity contribution is 6.13. The van der Waals surface area contributed by atoms with Crippen LogP contribution in [-0.2, 0) is 11.3 Å². The van der Waals surface area contributed by atoms with Gasteiger partial charge < -0.3 is 14.6 Å². The number of fused-ring (bicyclic) bond motifs is 1. The molecule has 0 atom stereocenters. The van der Waals surface area contributed by atoms with E-state index in [-0.39, 0.29) is 5.91 Å². The zero-order valence-corrected chi connectivity index (χ0v) is 17.3. The molecule has 6 nitrogen and oxygen atoms in total. The first-order valence-corrected chi connectivity index (χ1v) is 9.80. The van der Waals surface area contributed by atoms with Crippen molar-refractivity contribution in [3.63, 3.8) is 0 Å². The molecule has 1 aromatic heterocycles. The number of carbonyl (C=O) groups is 2. The van der Waals surface area contributed by atoms with Crippen LogP contribution in [0.3, 0.4) is 0 Å². The van der Waals surface area contributed by atoms with Crippen LogP contribution in [0.5, 0.6) is 0 Å². The lowest BCUT2D eigenvalue weighted by atomic mass is 10.1. The third kappa shape index (κ3) is 4.59. The molecule has 0 aliphatic rings. The van der Waals surface area contributed by atoms with E-state index < -0.39 is 6.09 Å². The Hall–Kier alpha value is -3.28. The summed E-state index contributed by atoms with van der Waals surface area (Å²) in [7, 11) is 1.65.